The second-order valence-corrected chi connectivity index (χ2v) is 5.15. The molecular formula is C16H22N2O. The standard InChI is InChI=1S/C16H22N2O/c1-2-13-9-11-18(12-10-13)16(19)8-7-14-5-3-4-6-15(14)17/h2-6,13H,1,7-12,17H2. The molecule has 1 heterocycles. The third-order valence-corrected chi connectivity index (χ3v) is 3.89. The lowest BCUT2D eigenvalue weighted by Crippen LogP contribution is -2.38. The van der Waals surface area contributed by atoms with Gasteiger partial charge < -0.3 is 10.6 Å². The molecule has 0 bridgehead atoms. The number of carbonyl (C=O) groups is 1. The molecule has 0 atom stereocenters. The smallest absolute Gasteiger partial charge is 0.222 e. The molecule has 2 rings (SSSR count). The summed E-state index contributed by atoms with van der Waals surface area (Å²) in [4.78, 5) is 14.1. The van der Waals surface area contributed by atoms with Crippen molar-refractivity contribution < 1.29 is 4.79 Å². The molecule has 0 aromatic heterocycles. The predicted octanol–water partition coefficient (Wildman–Crippen LogP) is 2.63. The van der Waals surface area contributed by atoms with Crippen LogP contribution in [0.1, 0.15) is 24.8 Å². The first kappa shape index (κ1) is 13.7. The Bertz CT molecular complexity index is 448. The molecule has 0 aliphatic carbocycles. The minimum Gasteiger partial charge on any atom is -0.399 e. The number of amides is 1. The third kappa shape index (κ3) is 3.60. The van der Waals surface area contributed by atoms with Gasteiger partial charge in [0.2, 0.25) is 5.91 Å². The first-order valence-electron chi connectivity index (χ1n) is 6.94. The van der Waals surface area contributed by atoms with E-state index in [9.17, 15) is 4.79 Å². The molecule has 19 heavy (non-hydrogen) atoms. The lowest BCUT2D eigenvalue weighted by atomic mass is 9.96. The first-order chi connectivity index (χ1) is 9.20. The van der Waals surface area contributed by atoms with Crippen molar-refractivity contribution in [2.75, 3.05) is 18.8 Å². The number of aryl methyl sites for hydroxylation is 1. The van der Waals surface area contributed by atoms with Crippen LogP contribution in [-0.4, -0.2) is 23.9 Å². The van der Waals surface area contributed by atoms with Gasteiger partial charge in [0.15, 0.2) is 0 Å². The van der Waals surface area contributed by atoms with Crippen molar-refractivity contribution in [2.45, 2.75) is 25.7 Å². The van der Waals surface area contributed by atoms with Gasteiger partial charge in [0.25, 0.3) is 0 Å². The monoisotopic (exact) mass is 258 g/mol. The van der Waals surface area contributed by atoms with Crippen LogP contribution in [0.15, 0.2) is 36.9 Å². The van der Waals surface area contributed by atoms with Gasteiger partial charge in [-0.2, -0.15) is 0 Å². The fraction of sp³-hybridized carbons (Fsp3) is 0.438. The van der Waals surface area contributed by atoms with E-state index in [1.54, 1.807) is 0 Å². The second kappa shape index (κ2) is 6.41. The van der Waals surface area contributed by atoms with Gasteiger partial charge in [-0.15, -0.1) is 6.58 Å². The fourth-order valence-electron chi connectivity index (χ4n) is 2.55. The molecule has 1 saturated heterocycles. The van der Waals surface area contributed by atoms with Crippen molar-refractivity contribution in [3.63, 3.8) is 0 Å². The van der Waals surface area contributed by atoms with Crippen LogP contribution < -0.4 is 5.73 Å². The Morgan fingerprint density at radius 1 is 1.37 bits per heavy atom. The topological polar surface area (TPSA) is 46.3 Å². The lowest BCUT2D eigenvalue weighted by molar-refractivity contribution is -0.132. The molecule has 3 heteroatoms. The van der Waals surface area contributed by atoms with Crippen molar-refractivity contribution in [2.24, 2.45) is 5.92 Å². The van der Waals surface area contributed by atoms with Crippen LogP contribution in [0.5, 0.6) is 0 Å². The van der Waals surface area contributed by atoms with Gasteiger partial charge >= 0.3 is 0 Å². The Hall–Kier alpha value is -1.77. The lowest BCUT2D eigenvalue weighted by Gasteiger charge is -2.30. The maximum Gasteiger partial charge on any atom is 0.222 e. The molecule has 3 nitrogen and oxygen atoms in total. The largest absolute Gasteiger partial charge is 0.399 e. The van der Waals surface area contributed by atoms with E-state index in [1.807, 2.05) is 35.2 Å². The minimum atomic E-state index is 0.241. The summed E-state index contributed by atoms with van der Waals surface area (Å²) in [6, 6.07) is 7.76. The maximum atomic E-state index is 12.1. The van der Waals surface area contributed by atoms with Crippen LogP contribution in [-0.2, 0) is 11.2 Å². The van der Waals surface area contributed by atoms with Crippen molar-refractivity contribution in [3.8, 4) is 0 Å². The van der Waals surface area contributed by atoms with Crippen molar-refractivity contribution >= 4 is 11.6 Å². The van der Waals surface area contributed by atoms with E-state index >= 15 is 0 Å². The highest BCUT2D eigenvalue weighted by Crippen LogP contribution is 2.19. The van der Waals surface area contributed by atoms with E-state index in [1.165, 1.54) is 0 Å². The van der Waals surface area contributed by atoms with E-state index in [0.29, 0.717) is 12.3 Å². The highest BCUT2D eigenvalue weighted by atomic mass is 16.2. The second-order valence-electron chi connectivity index (χ2n) is 5.15. The molecule has 1 amide bonds. The van der Waals surface area contributed by atoms with Crippen LogP contribution in [0.4, 0.5) is 5.69 Å². The van der Waals surface area contributed by atoms with Crippen LogP contribution >= 0.6 is 0 Å². The van der Waals surface area contributed by atoms with Gasteiger partial charge in [-0.25, -0.2) is 0 Å². The van der Waals surface area contributed by atoms with Crippen LogP contribution in [0, 0.1) is 5.92 Å². The normalized spacial score (nSPS) is 16.3. The zero-order valence-corrected chi connectivity index (χ0v) is 11.3. The van der Waals surface area contributed by atoms with E-state index in [2.05, 4.69) is 6.58 Å². The maximum absolute atomic E-state index is 12.1. The molecule has 0 unspecified atom stereocenters. The number of allylic oxidation sites excluding steroid dienone is 1. The molecule has 0 saturated carbocycles. The molecular weight excluding hydrogens is 236 g/mol. The van der Waals surface area contributed by atoms with Crippen LogP contribution in [0.3, 0.4) is 0 Å². The van der Waals surface area contributed by atoms with Crippen molar-refractivity contribution in [1.29, 1.82) is 0 Å². The van der Waals surface area contributed by atoms with Crippen molar-refractivity contribution in [1.82, 2.24) is 4.90 Å². The summed E-state index contributed by atoms with van der Waals surface area (Å²) in [6.07, 6.45) is 5.37. The number of carbonyl (C=O) groups excluding carboxylic acids is 1. The average molecular weight is 258 g/mol. The number of hydrogen-bond donors (Lipinski definition) is 1. The Labute approximate surface area is 115 Å². The van der Waals surface area contributed by atoms with E-state index in [-0.39, 0.29) is 5.91 Å². The van der Waals surface area contributed by atoms with Gasteiger partial charge in [-0.1, -0.05) is 24.3 Å². The zero-order chi connectivity index (χ0) is 13.7. The number of piperidine rings is 1. The van der Waals surface area contributed by atoms with E-state index in [0.717, 1.165) is 43.6 Å². The summed E-state index contributed by atoms with van der Waals surface area (Å²) < 4.78 is 0. The average Bonchev–Trinajstić information content (AvgIpc) is 2.46. The SMILES string of the molecule is C=CC1CCN(C(=O)CCc2ccccc2N)CC1. The van der Waals surface area contributed by atoms with Crippen LogP contribution in [0.25, 0.3) is 0 Å². The third-order valence-electron chi connectivity index (χ3n) is 3.89. The van der Waals surface area contributed by atoms with E-state index < -0.39 is 0 Å². The number of nitrogen functional groups attached to an aromatic ring is 1. The number of hydrogen-bond acceptors (Lipinski definition) is 2. The Morgan fingerprint density at radius 3 is 2.68 bits per heavy atom. The van der Waals surface area contributed by atoms with Crippen molar-refractivity contribution in [3.05, 3.63) is 42.5 Å². The molecule has 1 aromatic carbocycles. The minimum absolute atomic E-state index is 0.241. The zero-order valence-electron chi connectivity index (χ0n) is 11.3. The summed E-state index contributed by atoms with van der Waals surface area (Å²) in [5, 5.41) is 0. The molecule has 0 spiro atoms. The van der Waals surface area contributed by atoms with Gasteiger partial charge in [0.05, 0.1) is 0 Å². The number of para-hydroxylation sites is 1. The van der Waals surface area contributed by atoms with Gasteiger partial charge in [0, 0.05) is 25.2 Å². The van der Waals surface area contributed by atoms with Crippen LogP contribution in [0.2, 0.25) is 0 Å². The number of nitrogens with zero attached hydrogens (tertiary/aromatic N) is 1. The number of benzene rings is 1. The molecule has 1 fully saturated rings. The van der Waals surface area contributed by atoms with E-state index in [4.69, 9.17) is 5.73 Å². The molecule has 0 radical (unpaired) electrons. The number of likely N-dealkylation sites (tertiary alicyclic amines) is 1. The van der Waals surface area contributed by atoms with Gasteiger partial charge in [-0.3, -0.25) is 4.79 Å². The number of anilines is 1. The predicted molar refractivity (Wildman–Crippen MR) is 78.7 cm³/mol. The molecule has 1 aliphatic heterocycles. The highest BCUT2D eigenvalue weighted by molar-refractivity contribution is 5.76. The Morgan fingerprint density at radius 2 is 2.05 bits per heavy atom. The number of rotatable bonds is 4. The molecule has 102 valence electrons. The Balaban J connectivity index is 1.82. The first-order valence-corrected chi connectivity index (χ1v) is 6.94. The van der Waals surface area contributed by atoms with Gasteiger partial charge in [0.1, 0.15) is 0 Å². The summed E-state index contributed by atoms with van der Waals surface area (Å²) in [6.45, 7) is 5.54. The summed E-state index contributed by atoms with van der Waals surface area (Å²) in [7, 11) is 0. The highest BCUT2D eigenvalue weighted by Gasteiger charge is 2.20. The molecule has 1 aliphatic rings. The summed E-state index contributed by atoms with van der Waals surface area (Å²) in [5.74, 6) is 0.819. The van der Waals surface area contributed by atoms with Gasteiger partial charge in [-0.05, 0) is 36.8 Å². The quantitative estimate of drug-likeness (QED) is 0.666. The Kier molecular flexibility index (Phi) is 4.61. The summed E-state index contributed by atoms with van der Waals surface area (Å²) >= 11 is 0. The molecule has 2 N–H and O–H groups in total. The number of nitrogens with two attached hydrogens (primary N) is 1. The fourth-order valence-corrected chi connectivity index (χ4v) is 2.55. The summed E-state index contributed by atoms with van der Waals surface area (Å²) in [5.41, 5.74) is 7.73. The molecule has 1 aromatic rings.